The first-order valence-corrected chi connectivity index (χ1v) is 14.2. The van der Waals surface area contributed by atoms with Crippen LogP contribution in [-0.4, -0.2) is 59.1 Å². The van der Waals surface area contributed by atoms with Gasteiger partial charge >= 0.3 is 5.97 Å². The highest BCUT2D eigenvalue weighted by atomic mass is 35.5. The lowest BCUT2D eigenvalue weighted by Crippen LogP contribution is -2.26. The highest BCUT2D eigenvalue weighted by molar-refractivity contribution is 7.99. The molecule has 4 rings (SSSR count). The van der Waals surface area contributed by atoms with Crippen molar-refractivity contribution in [1.82, 2.24) is 20.1 Å². The van der Waals surface area contributed by atoms with Crippen LogP contribution < -0.4 is 20.1 Å². The van der Waals surface area contributed by atoms with Crippen molar-refractivity contribution >= 4 is 46.8 Å². The Morgan fingerprint density at radius 1 is 1.02 bits per heavy atom. The second-order valence-electron chi connectivity index (χ2n) is 8.69. The number of halogens is 2. The lowest BCUT2D eigenvalue weighted by molar-refractivity contribution is -0.113. The molecule has 0 atom stereocenters. The van der Waals surface area contributed by atoms with Crippen LogP contribution in [0.5, 0.6) is 11.5 Å². The van der Waals surface area contributed by atoms with E-state index in [1.807, 2.05) is 0 Å². The van der Waals surface area contributed by atoms with Crippen LogP contribution in [0.3, 0.4) is 0 Å². The zero-order valence-corrected chi connectivity index (χ0v) is 24.9. The number of nitrogens with one attached hydrogen (secondary N) is 2. The summed E-state index contributed by atoms with van der Waals surface area (Å²) in [5, 5.41) is 14.1. The van der Waals surface area contributed by atoms with E-state index < -0.39 is 17.7 Å². The summed E-state index contributed by atoms with van der Waals surface area (Å²) in [4.78, 5) is 37.5. The molecule has 0 bridgehead atoms. The molecule has 224 valence electrons. The number of methoxy groups -OCH3 is 2. The number of aromatic nitrogens is 3. The zero-order chi connectivity index (χ0) is 30.9. The molecule has 0 radical (unpaired) electrons. The third-order valence-corrected chi connectivity index (χ3v) is 7.18. The Labute approximate surface area is 255 Å². The molecule has 14 heteroatoms. The Morgan fingerprint density at radius 3 is 2.47 bits per heavy atom. The van der Waals surface area contributed by atoms with E-state index in [1.54, 1.807) is 54.0 Å². The van der Waals surface area contributed by atoms with Crippen LogP contribution in [-0.2, 0) is 16.1 Å². The number of benzene rings is 3. The summed E-state index contributed by atoms with van der Waals surface area (Å²) in [5.74, 6) is -1.13. The number of nitrogens with zero attached hydrogens (tertiary/aromatic N) is 3. The first-order valence-electron chi connectivity index (χ1n) is 12.8. The second-order valence-corrected chi connectivity index (χ2v) is 10.0. The van der Waals surface area contributed by atoms with E-state index in [9.17, 15) is 18.8 Å². The fourth-order valence-electron chi connectivity index (χ4n) is 3.92. The van der Waals surface area contributed by atoms with Crippen LogP contribution in [0.25, 0.3) is 5.69 Å². The van der Waals surface area contributed by atoms with Crippen LogP contribution in [0.2, 0.25) is 5.02 Å². The summed E-state index contributed by atoms with van der Waals surface area (Å²) >= 11 is 7.13. The molecule has 43 heavy (non-hydrogen) atoms. The van der Waals surface area contributed by atoms with Crippen molar-refractivity contribution in [3.05, 3.63) is 88.5 Å². The largest absolute Gasteiger partial charge is 0.497 e. The van der Waals surface area contributed by atoms with Crippen molar-refractivity contribution < 1.29 is 33.0 Å². The highest BCUT2D eigenvalue weighted by Crippen LogP contribution is 2.32. The SMILES string of the molecule is CCOC(=O)c1ccc(NC(=O)CSc2nnc(CNC(=O)c3c(F)cccc3Cl)n2-c2cc(OC)ccc2OC)cc1. The molecule has 0 aliphatic heterocycles. The van der Waals surface area contributed by atoms with Crippen LogP contribution in [0, 0.1) is 5.82 Å². The number of anilines is 1. The molecule has 0 unspecified atom stereocenters. The van der Waals surface area contributed by atoms with Crippen molar-refractivity contribution in [3.63, 3.8) is 0 Å². The molecule has 1 heterocycles. The summed E-state index contributed by atoms with van der Waals surface area (Å²) < 4.78 is 31.8. The maximum atomic E-state index is 14.3. The average Bonchev–Trinajstić information content (AvgIpc) is 3.41. The van der Waals surface area contributed by atoms with Gasteiger partial charge < -0.3 is 24.8 Å². The predicted molar refractivity (Wildman–Crippen MR) is 159 cm³/mol. The highest BCUT2D eigenvalue weighted by Gasteiger charge is 2.22. The molecule has 2 amide bonds. The van der Waals surface area contributed by atoms with E-state index >= 15 is 0 Å². The van der Waals surface area contributed by atoms with Gasteiger partial charge in [0, 0.05) is 11.8 Å². The number of hydrogen-bond donors (Lipinski definition) is 2. The van der Waals surface area contributed by atoms with Gasteiger partial charge in [-0.05, 0) is 55.5 Å². The number of esters is 1. The maximum Gasteiger partial charge on any atom is 0.338 e. The van der Waals surface area contributed by atoms with Crippen LogP contribution in [0.4, 0.5) is 10.1 Å². The van der Waals surface area contributed by atoms with Gasteiger partial charge in [0.25, 0.3) is 5.91 Å². The van der Waals surface area contributed by atoms with Gasteiger partial charge in [-0.1, -0.05) is 29.4 Å². The topological polar surface area (TPSA) is 134 Å². The lowest BCUT2D eigenvalue weighted by atomic mass is 10.2. The van der Waals surface area contributed by atoms with Crippen molar-refractivity contribution in [2.75, 3.05) is 31.9 Å². The van der Waals surface area contributed by atoms with Crippen LogP contribution >= 0.6 is 23.4 Å². The molecule has 0 aliphatic carbocycles. The Balaban J connectivity index is 1.55. The summed E-state index contributed by atoms with van der Waals surface area (Å²) in [5.41, 5.74) is 1.05. The predicted octanol–water partition coefficient (Wildman–Crippen LogP) is 4.91. The standard InChI is InChI=1S/C29H27ClFN5O6S/c1-4-42-28(39)17-8-10-18(11-9-17)33-25(37)16-43-29-35-34-24(15-32-27(38)26-20(30)6-5-7-21(26)31)36(29)22-14-19(40-2)12-13-23(22)41-3/h5-14H,4,15-16H2,1-3H3,(H,32,38)(H,33,37). The van der Waals surface area contributed by atoms with Crippen LogP contribution in [0.15, 0.2) is 65.8 Å². The summed E-state index contributed by atoms with van der Waals surface area (Å²) in [7, 11) is 3.00. The molecule has 11 nitrogen and oxygen atoms in total. The Morgan fingerprint density at radius 2 is 1.79 bits per heavy atom. The molecule has 0 spiro atoms. The molecule has 0 aliphatic rings. The molecule has 0 saturated carbocycles. The average molecular weight is 628 g/mol. The Hall–Kier alpha value is -4.62. The summed E-state index contributed by atoms with van der Waals surface area (Å²) in [6, 6.07) is 15.4. The number of rotatable bonds is 12. The van der Waals surface area contributed by atoms with E-state index in [4.69, 9.17) is 25.8 Å². The molecule has 3 aromatic carbocycles. The number of carbonyl (C=O) groups excluding carboxylic acids is 3. The van der Waals surface area contributed by atoms with E-state index in [1.165, 1.54) is 26.4 Å². The van der Waals surface area contributed by atoms with Gasteiger partial charge in [-0.15, -0.1) is 10.2 Å². The van der Waals surface area contributed by atoms with Crippen molar-refractivity contribution in [2.24, 2.45) is 0 Å². The van der Waals surface area contributed by atoms with Gasteiger partial charge in [0.15, 0.2) is 11.0 Å². The van der Waals surface area contributed by atoms with E-state index in [0.29, 0.717) is 33.6 Å². The normalized spacial score (nSPS) is 10.6. The number of thioether (sulfide) groups is 1. The van der Waals surface area contributed by atoms with Crippen molar-refractivity contribution in [3.8, 4) is 17.2 Å². The third-order valence-electron chi connectivity index (χ3n) is 5.94. The Kier molecular flexibility index (Phi) is 10.6. The molecular formula is C29H27ClFN5O6S. The van der Waals surface area contributed by atoms with Gasteiger partial charge in [-0.25, -0.2) is 9.18 Å². The molecule has 1 aromatic heterocycles. The van der Waals surface area contributed by atoms with Gasteiger partial charge in [-0.3, -0.25) is 14.2 Å². The maximum absolute atomic E-state index is 14.3. The van der Waals surface area contributed by atoms with Crippen LogP contribution in [0.1, 0.15) is 33.5 Å². The first kappa shape index (κ1) is 31.3. The van der Waals surface area contributed by atoms with E-state index in [-0.39, 0.29) is 41.2 Å². The monoisotopic (exact) mass is 627 g/mol. The minimum Gasteiger partial charge on any atom is -0.497 e. The van der Waals surface area contributed by atoms with Crippen molar-refractivity contribution in [2.45, 2.75) is 18.6 Å². The first-order chi connectivity index (χ1) is 20.7. The van der Waals surface area contributed by atoms with Crippen molar-refractivity contribution in [1.29, 1.82) is 0 Å². The summed E-state index contributed by atoms with van der Waals surface area (Å²) in [6.07, 6.45) is 0. The third kappa shape index (κ3) is 7.62. The zero-order valence-electron chi connectivity index (χ0n) is 23.4. The minimum atomic E-state index is -0.765. The summed E-state index contributed by atoms with van der Waals surface area (Å²) in [6.45, 7) is 1.82. The number of amides is 2. The smallest absolute Gasteiger partial charge is 0.338 e. The molecule has 0 fully saturated rings. The Bertz CT molecular complexity index is 1610. The molecular weight excluding hydrogens is 601 g/mol. The van der Waals surface area contributed by atoms with E-state index in [2.05, 4.69) is 20.8 Å². The van der Waals surface area contributed by atoms with Gasteiger partial charge in [-0.2, -0.15) is 0 Å². The number of carbonyl (C=O) groups is 3. The lowest BCUT2D eigenvalue weighted by Gasteiger charge is -2.15. The van der Waals surface area contributed by atoms with E-state index in [0.717, 1.165) is 17.8 Å². The minimum absolute atomic E-state index is 0.0359. The van der Waals surface area contributed by atoms with Gasteiger partial charge in [0.2, 0.25) is 5.91 Å². The molecule has 0 saturated heterocycles. The van der Waals surface area contributed by atoms with Gasteiger partial charge in [0.1, 0.15) is 17.3 Å². The van der Waals surface area contributed by atoms with Gasteiger partial charge in [0.05, 0.1) is 55.0 Å². The molecule has 4 aromatic rings. The number of hydrogen-bond acceptors (Lipinski definition) is 9. The second kappa shape index (κ2) is 14.5. The molecule has 2 N–H and O–H groups in total. The fraction of sp³-hybridized carbons (Fsp3) is 0.207. The number of ether oxygens (including phenoxy) is 3. The fourth-order valence-corrected chi connectivity index (χ4v) is 4.93. The quantitative estimate of drug-likeness (QED) is 0.166.